The van der Waals surface area contributed by atoms with Gasteiger partial charge in [0.15, 0.2) is 0 Å². The van der Waals surface area contributed by atoms with Crippen LogP contribution < -0.4 is 10.5 Å². The second-order valence-electron chi connectivity index (χ2n) is 3.16. The van der Waals surface area contributed by atoms with Gasteiger partial charge in [-0.2, -0.15) is 0 Å². The Labute approximate surface area is 83.7 Å². The van der Waals surface area contributed by atoms with Crippen molar-refractivity contribution in [2.45, 2.75) is 25.0 Å². The zero-order valence-corrected chi connectivity index (χ0v) is 8.04. The van der Waals surface area contributed by atoms with Crippen LogP contribution in [0, 0.1) is 0 Å². The van der Waals surface area contributed by atoms with Gasteiger partial charge in [-0.3, -0.25) is 4.98 Å². The first-order chi connectivity index (χ1) is 5.84. The molecule has 13 heavy (non-hydrogen) atoms. The molecule has 0 spiro atoms. The minimum absolute atomic E-state index is 0. The lowest BCUT2D eigenvalue weighted by molar-refractivity contribution is 0.100. The summed E-state index contributed by atoms with van der Waals surface area (Å²) >= 11 is 0. The molecular weight excluding hydrogens is 188 g/mol. The lowest BCUT2D eigenvalue weighted by atomic mass is 9.90. The minimum atomic E-state index is 0. The minimum Gasteiger partial charge on any atom is -0.489 e. The SMILES string of the molecule is Cl.N[C@H]1C[C@H](Oc2cccnc2)C1. The maximum atomic E-state index is 5.63. The van der Waals surface area contributed by atoms with Gasteiger partial charge in [-0.15, -0.1) is 12.4 Å². The molecule has 0 saturated heterocycles. The van der Waals surface area contributed by atoms with Gasteiger partial charge in [-0.1, -0.05) is 0 Å². The highest BCUT2D eigenvalue weighted by molar-refractivity contribution is 5.85. The van der Waals surface area contributed by atoms with E-state index >= 15 is 0 Å². The Morgan fingerprint density at radius 2 is 2.23 bits per heavy atom. The van der Waals surface area contributed by atoms with E-state index in [9.17, 15) is 0 Å². The van der Waals surface area contributed by atoms with E-state index in [-0.39, 0.29) is 12.4 Å². The van der Waals surface area contributed by atoms with E-state index in [2.05, 4.69) is 4.98 Å². The predicted molar refractivity (Wildman–Crippen MR) is 53.1 cm³/mol. The first-order valence-electron chi connectivity index (χ1n) is 4.17. The molecule has 0 bridgehead atoms. The van der Waals surface area contributed by atoms with E-state index in [1.165, 1.54) is 0 Å². The maximum absolute atomic E-state index is 5.63. The Kier molecular flexibility index (Phi) is 3.51. The molecule has 0 atom stereocenters. The van der Waals surface area contributed by atoms with E-state index in [4.69, 9.17) is 10.5 Å². The molecule has 0 aliphatic heterocycles. The van der Waals surface area contributed by atoms with Crippen LogP contribution in [0.1, 0.15) is 12.8 Å². The van der Waals surface area contributed by atoms with Gasteiger partial charge < -0.3 is 10.5 Å². The van der Waals surface area contributed by atoms with Gasteiger partial charge in [-0.05, 0) is 25.0 Å². The van der Waals surface area contributed by atoms with Gasteiger partial charge in [-0.25, -0.2) is 0 Å². The van der Waals surface area contributed by atoms with E-state index in [0.29, 0.717) is 12.1 Å². The van der Waals surface area contributed by atoms with Crippen LogP contribution in [-0.4, -0.2) is 17.1 Å². The average Bonchev–Trinajstić information content (AvgIpc) is 2.04. The Balaban J connectivity index is 0.000000845. The summed E-state index contributed by atoms with van der Waals surface area (Å²) in [5, 5.41) is 0. The predicted octanol–water partition coefficient (Wildman–Crippen LogP) is 1.37. The summed E-state index contributed by atoms with van der Waals surface area (Å²) in [6, 6.07) is 4.12. The molecule has 2 rings (SSSR count). The van der Waals surface area contributed by atoms with Crippen LogP contribution in [-0.2, 0) is 0 Å². The first-order valence-corrected chi connectivity index (χ1v) is 4.17. The number of halogens is 1. The summed E-state index contributed by atoms with van der Waals surface area (Å²) in [5.74, 6) is 0.842. The monoisotopic (exact) mass is 200 g/mol. The highest BCUT2D eigenvalue weighted by Gasteiger charge is 2.27. The number of hydrogen-bond acceptors (Lipinski definition) is 3. The topological polar surface area (TPSA) is 48.1 Å². The van der Waals surface area contributed by atoms with Crippen molar-refractivity contribution in [3.8, 4) is 5.75 Å². The average molecular weight is 201 g/mol. The smallest absolute Gasteiger partial charge is 0.137 e. The number of ether oxygens (including phenoxy) is 1. The summed E-state index contributed by atoms with van der Waals surface area (Å²) in [7, 11) is 0. The standard InChI is InChI=1S/C9H12N2O.ClH/c10-7-4-9(5-7)12-8-2-1-3-11-6-8;/h1-3,6-7,9H,4-5,10H2;1H/t7-,9-;. The first kappa shape index (κ1) is 10.3. The molecular formula is C9H13ClN2O. The van der Waals surface area contributed by atoms with Crippen molar-refractivity contribution in [2.75, 3.05) is 0 Å². The number of nitrogens with two attached hydrogens (primary N) is 1. The molecule has 1 saturated carbocycles. The maximum Gasteiger partial charge on any atom is 0.137 e. The molecule has 1 aliphatic carbocycles. The fourth-order valence-corrected chi connectivity index (χ4v) is 1.31. The van der Waals surface area contributed by atoms with Gasteiger partial charge in [0.25, 0.3) is 0 Å². The van der Waals surface area contributed by atoms with Gasteiger partial charge >= 0.3 is 0 Å². The highest BCUT2D eigenvalue weighted by atomic mass is 35.5. The van der Waals surface area contributed by atoms with Crippen molar-refractivity contribution in [3.63, 3.8) is 0 Å². The third kappa shape index (κ3) is 2.57. The molecule has 3 nitrogen and oxygen atoms in total. The number of nitrogens with zero attached hydrogens (tertiary/aromatic N) is 1. The molecule has 1 aliphatic rings. The summed E-state index contributed by atoms with van der Waals surface area (Å²) in [4.78, 5) is 3.96. The summed E-state index contributed by atoms with van der Waals surface area (Å²) in [6.07, 6.45) is 5.71. The Morgan fingerprint density at radius 3 is 2.77 bits per heavy atom. The molecule has 0 amide bonds. The second-order valence-corrected chi connectivity index (χ2v) is 3.16. The zero-order chi connectivity index (χ0) is 8.39. The van der Waals surface area contributed by atoms with Crippen LogP contribution in [0.4, 0.5) is 0 Å². The molecule has 72 valence electrons. The molecule has 1 aromatic heterocycles. The van der Waals surface area contributed by atoms with E-state index in [1.54, 1.807) is 12.4 Å². The Hall–Kier alpha value is -0.800. The van der Waals surface area contributed by atoms with E-state index in [0.717, 1.165) is 18.6 Å². The normalized spacial score (nSPS) is 25.6. The largest absolute Gasteiger partial charge is 0.489 e. The third-order valence-corrected chi connectivity index (χ3v) is 2.07. The van der Waals surface area contributed by atoms with Gasteiger partial charge in [0.2, 0.25) is 0 Å². The zero-order valence-electron chi connectivity index (χ0n) is 7.22. The number of aromatic nitrogens is 1. The van der Waals surface area contributed by atoms with Gasteiger partial charge in [0.1, 0.15) is 11.9 Å². The Morgan fingerprint density at radius 1 is 1.46 bits per heavy atom. The molecule has 2 N–H and O–H groups in total. The van der Waals surface area contributed by atoms with E-state index in [1.807, 2.05) is 12.1 Å². The van der Waals surface area contributed by atoms with Crippen molar-refractivity contribution in [2.24, 2.45) is 5.73 Å². The summed E-state index contributed by atoms with van der Waals surface area (Å²) < 4.78 is 5.58. The molecule has 1 fully saturated rings. The van der Waals surface area contributed by atoms with Crippen molar-refractivity contribution < 1.29 is 4.74 Å². The fourth-order valence-electron chi connectivity index (χ4n) is 1.31. The van der Waals surface area contributed by atoms with Crippen molar-refractivity contribution in [1.82, 2.24) is 4.98 Å². The molecule has 4 heteroatoms. The summed E-state index contributed by atoms with van der Waals surface area (Å²) in [5.41, 5.74) is 5.63. The van der Waals surface area contributed by atoms with Crippen molar-refractivity contribution in [3.05, 3.63) is 24.5 Å². The van der Waals surface area contributed by atoms with Crippen molar-refractivity contribution in [1.29, 1.82) is 0 Å². The highest BCUT2D eigenvalue weighted by Crippen LogP contribution is 2.23. The van der Waals surface area contributed by atoms with Crippen LogP contribution in [0.25, 0.3) is 0 Å². The molecule has 0 aromatic carbocycles. The summed E-state index contributed by atoms with van der Waals surface area (Å²) in [6.45, 7) is 0. The Bertz CT molecular complexity index is 249. The molecule has 1 aromatic rings. The van der Waals surface area contributed by atoms with Crippen LogP contribution in [0.2, 0.25) is 0 Å². The number of hydrogen-bond donors (Lipinski definition) is 1. The van der Waals surface area contributed by atoms with Crippen LogP contribution in [0.5, 0.6) is 5.75 Å². The quantitative estimate of drug-likeness (QED) is 0.785. The molecule has 0 unspecified atom stereocenters. The van der Waals surface area contributed by atoms with Gasteiger partial charge in [0, 0.05) is 12.2 Å². The van der Waals surface area contributed by atoms with Gasteiger partial charge in [0.05, 0.1) is 6.20 Å². The van der Waals surface area contributed by atoms with Crippen LogP contribution >= 0.6 is 12.4 Å². The second kappa shape index (κ2) is 4.44. The third-order valence-electron chi connectivity index (χ3n) is 2.07. The van der Waals surface area contributed by atoms with Crippen LogP contribution in [0.15, 0.2) is 24.5 Å². The molecule has 1 heterocycles. The lowest BCUT2D eigenvalue weighted by Gasteiger charge is -2.32. The molecule has 0 radical (unpaired) electrons. The van der Waals surface area contributed by atoms with Crippen molar-refractivity contribution >= 4 is 12.4 Å². The van der Waals surface area contributed by atoms with E-state index < -0.39 is 0 Å². The fraction of sp³-hybridized carbons (Fsp3) is 0.444. The lowest BCUT2D eigenvalue weighted by Crippen LogP contribution is -2.43. The van der Waals surface area contributed by atoms with Crippen LogP contribution in [0.3, 0.4) is 0 Å². The number of pyridine rings is 1. The number of rotatable bonds is 2.